The van der Waals surface area contributed by atoms with Gasteiger partial charge in [-0.15, -0.1) is 0 Å². The van der Waals surface area contributed by atoms with Crippen LogP contribution in [0.15, 0.2) is 29.6 Å². The van der Waals surface area contributed by atoms with Gasteiger partial charge in [-0.2, -0.15) is 0 Å². The van der Waals surface area contributed by atoms with Crippen molar-refractivity contribution in [2.24, 2.45) is 10.9 Å². The van der Waals surface area contributed by atoms with Crippen molar-refractivity contribution in [1.29, 1.82) is 0 Å². The Morgan fingerprint density at radius 1 is 1.64 bits per heavy atom. The zero-order chi connectivity index (χ0) is 16.7. The molecule has 0 aliphatic rings. The smallest absolute Gasteiger partial charge is 0.250 e. The van der Waals surface area contributed by atoms with Gasteiger partial charge in [0, 0.05) is 24.5 Å². The summed E-state index contributed by atoms with van der Waals surface area (Å²) in [5.41, 5.74) is 6.95. The molecule has 22 heavy (non-hydrogen) atoms. The van der Waals surface area contributed by atoms with E-state index in [0.29, 0.717) is 17.7 Å². The van der Waals surface area contributed by atoms with Gasteiger partial charge in [-0.1, -0.05) is 12.1 Å². The Morgan fingerprint density at radius 2 is 2.32 bits per heavy atom. The van der Waals surface area contributed by atoms with E-state index >= 15 is 0 Å². The van der Waals surface area contributed by atoms with Gasteiger partial charge in [0.25, 0.3) is 5.91 Å². The Morgan fingerprint density at radius 3 is 2.82 bits per heavy atom. The number of carbonyl (C=O) groups is 1. The zero-order valence-electron chi connectivity index (χ0n) is 12.4. The number of carbonyl (C=O) groups excluding carboxylic acids is 1. The van der Waals surface area contributed by atoms with Crippen LogP contribution in [0.4, 0.5) is 0 Å². The van der Waals surface area contributed by atoms with Gasteiger partial charge < -0.3 is 10.9 Å². The van der Waals surface area contributed by atoms with Crippen molar-refractivity contribution in [1.82, 2.24) is 4.98 Å². The minimum Gasteiger partial charge on any atom is -0.411 e. The second-order valence-corrected chi connectivity index (χ2v) is 4.66. The lowest BCUT2D eigenvalue weighted by atomic mass is 10.00. The van der Waals surface area contributed by atoms with E-state index < -0.39 is 16.9 Å². The number of primary amides is 1. The van der Waals surface area contributed by atoms with Crippen molar-refractivity contribution in [3.63, 3.8) is 0 Å². The maximum absolute atomic E-state index is 11.6. The van der Waals surface area contributed by atoms with Crippen LogP contribution in [-0.2, 0) is 12.8 Å². The topological polar surface area (TPSA) is 132 Å². The average molecular weight is 306 g/mol. The third-order valence-corrected chi connectivity index (χ3v) is 3.12. The number of rotatable bonds is 7. The van der Waals surface area contributed by atoms with Crippen molar-refractivity contribution < 1.29 is 14.9 Å². The number of hydrogen-bond acceptors (Lipinski definition) is 6. The molecule has 0 radical (unpaired) electrons. The van der Waals surface area contributed by atoms with E-state index in [2.05, 4.69) is 10.1 Å². The molecule has 8 nitrogen and oxygen atoms in total. The van der Waals surface area contributed by atoms with Crippen molar-refractivity contribution >= 4 is 11.6 Å². The third kappa shape index (κ3) is 4.37. The molecule has 1 aromatic rings. The number of aromatic nitrogens is 1. The molecule has 1 atom stereocenters. The van der Waals surface area contributed by atoms with Gasteiger partial charge >= 0.3 is 0 Å². The molecule has 1 heterocycles. The summed E-state index contributed by atoms with van der Waals surface area (Å²) in [7, 11) is 0. The molecule has 0 aromatic carbocycles. The lowest BCUT2D eigenvalue weighted by Gasteiger charge is -2.09. The summed E-state index contributed by atoms with van der Waals surface area (Å²) < 4.78 is 0. The Balaban J connectivity index is 3.07. The molecule has 0 fully saturated rings. The van der Waals surface area contributed by atoms with Crippen LogP contribution < -0.4 is 5.73 Å². The monoisotopic (exact) mass is 306 g/mol. The number of nitrogens with zero attached hydrogens (tertiary/aromatic N) is 3. The number of hydrogen-bond donors (Lipinski definition) is 2. The number of pyridine rings is 1. The molecule has 0 bridgehead atoms. The second kappa shape index (κ2) is 7.87. The molecule has 0 saturated heterocycles. The molecule has 3 N–H and O–H groups in total. The highest BCUT2D eigenvalue weighted by Crippen LogP contribution is 2.14. The maximum atomic E-state index is 11.6. The van der Waals surface area contributed by atoms with Gasteiger partial charge in [0.15, 0.2) is 0 Å². The van der Waals surface area contributed by atoms with Crippen molar-refractivity contribution in [3.05, 3.63) is 51.4 Å². The molecular formula is C14H18N4O4. The van der Waals surface area contributed by atoms with Crippen LogP contribution in [0.1, 0.15) is 35.5 Å². The highest BCUT2D eigenvalue weighted by Gasteiger charge is 2.16. The summed E-state index contributed by atoms with van der Waals surface area (Å²) in [5, 5.41) is 22.7. The Kier molecular flexibility index (Phi) is 6.18. The van der Waals surface area contributed by atoms with Crippen LogP contribution in [0.2, 0.25) is 0 Å². The van der Waals surface area contributed by atoms with Crippen LogP contribution >= 0.6 is 0 Å². The number of amides is 1. The fraction of sp³-hybridized carbons (Fsp3) is 0.357. The minimum absolute atomic E-state index is 0.0452. The van der Waals surface area contributed by atoms with Gasteiger partial charge in [0.2, 0.25) is 6.04 Å². The van der Waals surface area contributed by atoms with Gasteiger partial charge in [-0.3, -0.25) is 19.9 Å². The predicted molar refractivity (Wildman–Crippen MR) is 80.7 cm³/mol. The molecule has 8 heteroatoms. The van der Waals surface area contributed by atoms with Crippen molar-refractivity contribution in [2.75, 3.05) is 0 Å². The molecule has 0 aliphatic carbocycles. The SMILES string of the molecule is CCc1ccnc(CC(/C=C/C(C)[N+](=O)[O-])=N/O)c1C(N)=O. The summed E-state index contributed by atoms with van der Waals surface area (Å²) in [6.07, 6.45) is 4.82. The maximum Gasteiger partial charge on any atom is 0.250 e. The summed E-state index contributed by atoms with van der Waals surface area (Å²) in [6, 6.07) is 0.784. The van der Waals surface area contributed by atoms with Crippen LogP contribution in [0.3, 0.4) is 0 Å². The van der Waals surface area contributed by atoms with Crippen LogP contribution in [0.25, 0.3) is 0 Å². The first-order chi connectivity index (χ1) is 10.4. The molecule has 0 spiro atoms. The molecule has 0 saturated carbocycles. The predicted octanol–water partition coefficient (Wildman–Crippen LogP) is 1.34. The van der Waals surface area contributed by atoms with Gasteiger partial charge in [-0.05, 0) is 30.2 Å². The van der Waals surface area contributed by atoms with Crippen LogP contribution in [-0.4, -0.2) is 32.8 Å². The van der Waals surface area contributed by atoms with Gasteiger partial charge in [0.1, 0.15) is 0 Å². The lowest BCUT2D eigenvalue weighted by Crippen LogP contribution is -2.19. The Bertz CT molecular complexity index is 625. The summed E-state index contributed by atoms with van der Waals surface area (Å²) in [6.45, 7) is 3.28. The number of allylic oxidation sites excluding steroid dienone is 1. The molecule has 1 aromatic heterocycles. The first kappa shape index (κ1) is 17.3. The van der Waals surface area contributed by atoms with E-state index in [4.69, 9.17) is 10.9 Å². The first-order valence-electron chi connectivity index (χ1n) is 6.69. The molecular weight excluding hydrogens is 288 g/mol. The van der Waals surface area contributed by atoms with E-state index in [1.165, 1.54) is 19.1 Å². The standard InChI is InChI=1S/C14H18N4O4/c1-3-10-6-7-16-12(13(10)14(15)19)8-11(17-20)5-4-9(2)18(21)22/h4-7,9,20H,3,8H2,1-2H3,(H2,15,19)/b5-4+,17-11+. The molecule has 118 valence electrons. The molecule has 1 rings (SSSR count). The summed E-state index contributed by atoms with van der Waals surface area (Å²) in [4.78, 5) is 25.8. The molecule has 0 aliphatic heterocycles. The van der Waals surface area contributed by atoms with E-state index in [0.717, 1.165) is 5.56 Å². The van der Waals surface area contributed by atoms with Crippen molar-refractivity contribution in [2.45, 2.75) is 32.7 Å². The Labute approximate surface area is 127 Å². The quantitative estimate of drug-likeness (QED) is 0.339. The minimum atomic E-state index is -0.915. The van der Waals surface area contributed by atoms with E-state index in [9.17, 15) is 14.9 Å². The molecule has 1 amide bonds. The zero-order valence-corrected chi connectivity index (χ0v) is 12.4. The number of aryl methyl sites for hydroxylation is 1. The number of nitro groups is 1. The third-order valence-electron chi connectivity index (χ3n) is 3.12. The second-order valence-electron chi connectivity index (χ2n) is 4.66. The largest absolute Gasteiger partial charge is 0.411 e. The van der Waals surface area contributed by atoms with Crippen LogP contribution in [0.5, 0.6) is 0 Å². The molecule has 1 unspecified atom stereocenters. The number of oxime groups is 1. The normalized spacial score (nSPS) is 13.3. The first-order valence-corrected chi connectivity index (χ1v) is 6.69. The van der Waals surface area contributed by atoms with Gasteiger partial charge in [0.05, 0.1) is 17.0 Å². The summed E-state index contributed by atoms with van der Waals surface area (Å²) in [5.74, 6) is -0.611. The number of nitrogens with two attached hydrogens (primary N) is 1. The highest BCUT2D eigenvalue weighted by atomic mass is 16.6. The highest BCUT2D eigenvalue weighted by molar-refractivity contribution is 6.00. The van der Waals surface area contributed by atoms with E-state index in [1.807, 2.05) is 6.92 Å². The van der Waals surface area contributed by atoms with Gasteiger partial charge in [-0.25, -0.2) is 0 Å². The fourth-order valence-corrected chi connectivity index (χ4v) is 1.90. The van der Waals surface area contributed by atoms with E-state index in [-0.39, 0.29) is 12.1 Å². The lowest BCUT2D eigenvalue weighted by molar-refractivity contribution is -0.504. The summed E-state index contributed by atoms with van der Waals surface area (Å²) >= 11 is 0. The average Bonchev–Trinajstić information content (AvgIpc) is 2.49. The van der Waals surface area contributed by atoms with Crippen LogP contribution in [0, 0.1) is 10.1 Å². The fourth-order valence-electron chi connectivity index (χ4n) is 1.90. The Hall–Kier alpha value is -2.77. The van der Waals surface area contributed by atoms with Crippen molar-refractivity contribution in [3.8, 4) is 0 Å². The van der Waals surface area contributed by atoms with E-state index in [1.54, 1.807) is 12.3 Å².